The summed E-state index contributed by atoms with van der Waals surface area (Å²) >= 11 is 9.32. The van der Waals surface area contributed by atoms with Crippen LogP contribution in [0.2, 0.25) is 0 Å². The fourth-order valence-corrected chi connectivity index (χ4v) is 1.33. The summed E-state index contributed by atoms with van der Waals surface area (Å²) in [6.45, 7) is 3.65. The average molecular weight is 343 g/mol. The lowest BCUT2D eigenvalue weighted by Gasteiger charge is -2.11. The zero-order valence-corrected chi connectivity index (χ0v) is 12.9. The highest BCUT2D eigenvalue weighted by molar-refractivity contribution is 9.12. The second-order valence-electron chi connectivity index (χ2n) is 3.38. The summed E-state index contributed by atoms with van der Waals surface area (Å²) in [7, 11) is 3.38. The molecule has 1 aromatic rings. The number of rotatable bonds is 5. The molecule has 1 heterocycles. The maximum atomic E-state index is 6.14. The second-order valence-corrected chi connectivity index (χ2v) is 4.79. The van der Waals surface area contributed by atoms with E-state index in [9.17, 15) is 0 Å². The van der Waals surface area contributed by atoms with Crippen LogP contribution in [0.15, 0.2) is 51.0 Å². The van der Waals surface area contributed by atoms with Crippen LogP contribution in [0, 0.1) is 0 Å². The highest BCUT2D eigenvalue weighted by Gasteiger charge is 2.05. The highest BCUT2D eigenvalue weighted by Crippen LogP contribution is 2.10. The van der Waals surface area contributed by atoms with E-state index in [1.807, 2.05) is 0 Å². The van der Waals surface area contributed by atoms with Gasteiger partial charge in [0, 0.05) is 37.0 Å². The van der Waals surface area contributed by atoms with Crippen LogP contribution in [0.25, 0.3) is 0 Å². The van der Waals surface area contributed by atoms with Crippen LogP contribution in [0.3, 0.4) is 0 Å². The Morgan fingerprint density at radius 2 is 2.26 bits per heavy atom. The van der Waals surface area contributed by atoms with Gasteiger partial charge in [-0.25, -0.2) is 0 Å². The third-order valence-electron chi connectivity index (χ3n) is 2.00. The summed E-state index contributed by atoms with van der Waals surface area (Å²) in [5.74, 6) is 0. The van der Waals surface area contributed by atoms with Crippen molar-refractivity contribution in [2.24, 2.45) is 10.1 Å². The lowest BCUT2D eigenvalue weighted by atomic mass is 10.2. The van der Waals surface area contributed by atoms with Gasteiger partial charge in [-0.3, -0.25) is 20.0 Å². The lowest BCUT2D eigenvalue weighted by Crippen LogP contribution is -2.10. The molecule has 0 aliphatic rings. The Hall–Kier alpha value is -1.53. The molecule has 0 aromatic carbocycles. The van der Waals surface area contributed by atoms with Gasteiger partial charge in [-0.1, -0.05) is 18.2 Å². The van der Waals surface area contributed by atoms with Crippen LogP contribution >= 0.6 is 27.5 Å². The number of halogens is 2. The summed E-state index contributed by atoms with van der Waals surface area (Å²) in [6, 6.07) is 0. The number of hydrogen-bond donors (Lipinski definition) is 0. The van der Waals surface area contributed by atoms with Crippen molar-refractivity contribution in [3.05, 3.63) is 46.6 Å². The molecule has 7 heteroatoms. The normalized spacial score (nSPS) is 12.8. The van der Waals surface area contributed by atoms with E-state index in [1.54, 1.807) is 45.0 Å². The third kappa shape index (κ3) is 5.32. The molecule has 0 N–H and O–H groups in total. The maximum absolute atomic E-state index is 6.14. The molecule has 0 fully saturated rings. The zero-order valence-electron chi connectivity index (χ0n) is 10.6. The van der Waals surface area contributed by atoms with Crippen molar-refractivity contribution in [3.8, 4) is 0 Å². The Bertz CT molecular complexity index is 524. The first-order valence-electron chi connectivity index (χ1n) is 5.27. The fourth-order valence-electron chi connectivity index (χ4n) is 1.10. The molecule has 0 aliphatic heterocycles. The van der Waals surface area contributed by atoms with Gasteiger partial charge in [-0.2, -0.15) is 5.10 Å². The monoisotopic (exact) mass is 341 g/mol. The Morgan fingerprint density at radius 3 is 2.79 bits per heavy atom. The van der Waals surface area contributed by atoms with Gasteiger partial charge in [0.15, 0.2) is 0 Å². The van der Waals surface area contributed by atoms with Crippen LogP contribution in [-0.2, 0) is 0 Å². The molecule has 1 rings (SSSR count). The summed E-state index contributed by atoms with van der Waals surface area (Å²) in [6.07, 6.45) is 8.02. The van der Waals surface area contributed by atoms with Crippen LogP contribution in [0.1, 0.15) is 5.69 Å². The smallest absolute Gasteiger partial charge is 0.127 e. The Balaban J connectivity index is 2.90. The number of hydrazone groups is 1. The Labute approximate surface area is 125 Å². The van der Waals surface area contributed by atoms with E-state index in [2.05, 4.69) is 42.6 Å². The third-order valence-corrected chi connectivity index (χ3v) is 2.56. The predicted octanol–water partition coefficient (Wildman–Crippen LogP) is 2.80. The van der Waals surface area contributed by atoms with Gasteiger partial charge >= 0.3 is 0 Å². The first-order valence-corrected chi connectivity index (χ1v) is 6.44. The van der Waals surface area contributed by atoms with Gasteiger partial charge in [0.25, 0.3) is 0 Å². The van der Waals surface area contributed by atoms with Crippen LogP contribution < -0.4 is 0 Å². The van der Waals surface area contributed by atoms with Crippen molar-refractivity contribution in [2.75, 3.05) is 14.1 Å². The molecule has 0 atom stereocenters. The van der Waals surface area contributed by atoms with Gasteiger partial charge in [-0.05, 0) is 15.9 Å². The molecule has 5 nitrogen and oxygen atoms in total. The van der Waals surface area contributed by atoms with Crippen molar-refractivity contribution in [2.45, 2.75) is 0 Å². The molecular weight excluding hydrogens is 330 g/mol. The molecule has 0 saturated heterocycles. The first-order chi connectivity index (χ1) is 9.04. The maximum Gasteiger partial charge on any atom is 0.127 e. The first kappa shape index (κ1) is 15.5. The predicted molar refractivity (Wildman–Crippen MR) is 82.8 cm³/mol. The van der Waals surface area contributed by atoms with Gasteiger partial charge in [0.1, 0.15) is 10.9 Å². The quantitative estimate of drug-likeness (QED) is 0.470. The summed E-state index contributed by atoms with van der Waals surface area (Å²) in [4.78, 5) is 12.3. The number of hydrogen-bond acceptors (Lipinski definition) is 5. The van der Waals surface area contributed by atoms with Gasteiger partial charge < -0.3 is 0 Å². The van der Waals surface area contributed by atoms with E-state index in [1.165, 1.54) is 5.01 Å². The van der Waals surface area contributed by atoms with Crippen molar-refractivity contribution < 1.29 is 0 Å². The van der Waals surface area contributed by atoms with E-state index in [0.29, 0.717) is 21.0 Å². The SMILES string of the molecule is C=C(Br)/C=N\N(C)/C(Cl)=C\C(=NC)c1cnccn1. The Kier molecular flexibility index (Phi) is 6.38. The molecule has 0 spiro atoms. The second kappa shape index (κ2) is 7.81. The molecule has 0 bridgehead atoms. The van der Waals surface area contributed by atoms with E-state index in [4.69, 9.17) is 11.6 Å². The van der Waals surface area contributed by atoms with Crippen LogP contribution in [0.4, 0.5) is 0 Å². The standard InChI is InChI=1S/C12H13BrClN5/c1-9(13)7-18-19(3)12(14)6-10(15-2)11-8-16-4-5-17-11/h4-8H,1H2,2-3H3/b12-6-,15-10?,18-7-. The van der Waals surface area contributed by atoms with Gasteiger partial charge in [0.05, 0.1) is 18.1 Å². The minimum atomic E-state index is 0.399. The highest BCUT2D eigenvalue weighted by atomic mass is 79.9. The summed E-state index contributed by atoms with van der Waals surface area (Å²) in [5.41, 5.74) is 1.27. The molecule has 0 unspecified atom stereocenters. The number of nitrogens with zero attached hydrogens (tertiary/aromatic N) is 5. The van der Waals surface area contributed by atoms with Crippen molar-refractivity contribution in [1.29, 1.82) is 0 Å². The number of aromatic nitrogens is 2. The van der Waals surface area contributed by atoms with Gasteiger partial charge in [0.2, 0.25) is 0 Å². The summed E-state index contributed by atoms with van der Waals surface area (Å²) in [5, 5.41) is 5.97. The van der Waals surface area contributed by atoms with Crippen molar-refractivity contribution in [3.63, 3.8) is 0 Å². The molecule has 0 aliphatic carbocycles. The lowest BCUT2D eigenvalue weighted by molar-refractivity contribution is 0.479. The molecule has 19 heavy (non-hydrogen) atoms. The van der Waals surface area contributed by atoms with E-state index in [0.717, 1.165) is 0 Å². The number of allylic oxidation sites excluding steroid dienone is 2. The molecular formula is C12H13BrClN5. The van der Waals surface area contributed by atoms with Crippen LogP contribution in [-0.4, -0.2) is 41.0 Å². The van der Waals surface area contributed by atoms with Crippen LogP contribution in [0.5, 0.6) is 0 Å². The Morgan fingerprint density at radius 1 is 1.53 bits per heavy atom. The van der Waals surface area contributed by atoms with E-state index < -0.39 is 0 Å². The molecule has 0 saturated carbocycles. The molecule has 0 radical (unpaired) electrons. The average Bonchev–Trinajstić information content (AvgIpc) is 2.42. The largest absolute Gasteiger partial charge is 0.286 e. The topological polar surface area (TPSA) is 53.7 Å². The molecule has 1 aromatic heterocycles. The minimum absolute atomic E-state index is 0.399. The van der Waals surface area contributed by atoms with Crippen molar-refractivity contribution >= 4 is 39.5 Å². The molecule has 100 valence electrons. The zero-order chi connectivity index (χ0) is 14.3. The fraction of sp³-hybridized carbons (Fsp3) is 0.167. The van der Waals surface area contributed by atoms with Crippen molar-refractivity contribution in [1.82, 2.24) is 15.0 Å². The number of aliphatic imine (C=N–C) groups is 1. The van der Waals surface area contributed by atoms with E-state index >= 15 is 0 Å². The summed E-state index contributed by atoms with van der Waals surface area (Å²) < 4.78 is 0.655. The van der Waals surface area contributed by atoms with E-state index in [-0.39, 0.29) is 0 Å². The van der Waals surface area contributed by atoms with Gasteiger partial charge in [-0.15, -0.1) is 0 Å². The minimum Gasteiger partial charge on any atom is -0.286 e. The molecule has 0 amide bonds.